The molecule has 1 aromatic heterocycles. The molecule has 3 aromatic rings. The summed E-state index contributed by atoms with van der Waals surface area (Å²) in [6.45, 7) is 3.08. The Balaban J connectivity index is 1.61. The molecule has 1 saturated heterocycles. The molecule has 1 atom stereocenters. The van der Waals surface area contributed by atoms with Crippen LogP contribution < -0.4 is 4.90 Å². The van der Waals surface area contributed by atoms with Crippen LogP contribution in [0.25, 0.3) is 0 Å². The molecule has 0 N–H and O–H groups in total. The van der Waals surface area contributed by atoms with E-state index in [1.54, 1.807) is 24.4 Å². The number of piperazine rings is 1. The van der Waals surface area contributed by atoms with Gasteiger partial charge in [-0.25, -0.2) is 0 Å². The van der Waals surface area contributed by atoms with Crippen molar-refractivity contribution in [3.8, 4) is 12.1 Å². The quantitative estimate of drug-likeness (QED) is 0.549. The van der Waals surface area contributed by atoms with E-state index in [4.69, 9.17) is 33.7 Å². The molecule has 0 saturated carbocycles. The molecule has 154 valence electrons. The van der Waals surface area contributed by atoms with Gasteiger partial charge in [0.25, 0.3) is 0 Å². The highest BCUT2D eigenvalue weighted by Gasteiger charge is 2.30. The second-order valence-corrected chi connectivity index (χ2v) is 8.27. The molecular formula is C24H19Cl2N5. The van der Waals surface area contributed by atoms with Crippen LogP contribution in [0.15, 0.2) is 60.8 Å². The standard InChI is InChI=1S/C24H19Cl2N5/c25-20-5-3-19(4-6-20)24-16-30(15-21-7-1-18(13-28)14-29-21)9-10-31(24)23-8-2-17(12-27)11-22(23)26/h1-8,11,14,24H,9-10,15-16H2/t24-/m0/s1. The summed E-state index contributed by atoms with van der Waals surface area (Å²) >= 11 is 12.7. The zero-order valence-corrected chi connectivity index (χ0v) is 18.2. The predicted octanol–water partition coefficient (Wildman–Crippen LogP) is 5.20. The van der Waals surface area contributed by atoms with Crippen LogP contribution >= 0.6 is 23.2 Å². The Morgan fingerprint density at radius 2 is 1.68 bits per heavy atom. The molecule has 0 radical (unpaired) electrons. The Kier molecular flexibility index (Phi) is 6.39. The highest BCUT2D eigenvalue weighted by atomic mass is 35.5. The van der Waals surface area contributed by atoms with Crippen LogP contribution in [0.3, 0.4) is 0 Å². The number of aromatic nitrogens is 1. The summed E-state index contributed by atoms with van der Waals surface area (Å²) in [5.74, 6) is 0. The fraction of sp³-hybridized carbons (Fsp3) is 0.208. The first kappa shape index (κ1) is 21.2. The van der Waals surface area contributed by atoms with Crippen molar-refractivity contribution in [3.05, 3.63) is 93.2 Å². The van der Waals surface area contributed by atoms with Crippen LogP contribution in [-0.2, 0) is 6.54 Å². The SMILES string of the molecule is N#Cc1ccc(CN2CCN(c3ccc(C#N)cc3Cl)[C@H](c3ccc(Cl)cc3)C2)nc1. The first-order valence-corrected chi connectivity index (χ1v) is 10.6. The van der Waals surface area contributed by atoms with Crippen LogP contribution in [0.4, 0.5) is 5.69 Å². The normalized spacial score (nSPS) is 16.5. The van der Waals surface area contributed by atoms with E-state index in [0.717, 1.165) is 36.6 Å². The number of nitrogens with zero attached hydrogens (tertiary/aromatic N) is 5. The van der Waals surface area contributed by atoms with Crippen LogP contribution in [0.2, 0.25) is 10.0 Å². The molecule has 31 heavy (non-hydrogen) atoms. The molecule has 1 aliphatic heterocycles. The lowest BCUT2D eigenvalue weighted by atomic mass is 10.0. The Morgan fingerprint density at radius 3 is 2.32 bits per heavy atom. The van der Waals surface area contributed by atoms with Crippen molar-refractivity contribution in [2.75, 3.05) is 24.5 Å². The maximum atomic E-state index is 9.16. The predicted molar refractivity (Wildman–Crippen MR) is 122 cm³/mol. The van der Waals surface area contributed by atoms with Crippen molar-refractivity contribution in [1.29, 1.82) is 10.5 Å². The lowest BCUT2D eigenvalue weighted by Crippen LogP contribution is -2.48. The average molecular weight is 448 g/mol. The molecule has 0 aliphatic carbocycles. The molecule has 2 aromatic carbocycles. The van der Waals surface area contributed by atoms with Gasteiger partial charge in [-0.05, 0) is 48.0 Å². The van der Waals surface area contributed by atoms with Gasteiger partial charge in [-0.3, -0.25) is 9.88 Å². The molecule has 0 amide bonds. The summed E-state index contributed by atoms with van der Waals surface area (Å²) in [6, 6.07) is 21.3. The van der Waals surface area contributed by atoms with Crippen LogP contribution in [0.5, 0.6) is 0 Å². The van der Waals surface area contributed by atoms with E-state index in [0.29, 0.717) is 27.7 Å². The van der Waals surface area contributed by atoms with E-state index in [-0.39, 0.29) is 6.04 Å². The molecule has 5 nitrogen and oxygen atoms in total. The van der Waals surface area contributed by atoms with E-state index in [2.05, 4.69) is 26.9 Å². The summed E-state index contributed by atoms with van der Waals surface area (Å²) in [7, 11) is 0. The number of rotatable bonds is 4. The third-order valence-corrected chi connectivity index (χ3v) is 6.00. The molecule has 0 spiro atoms. The molecule has 0 bridgehead atoms. The molecule has 1 aliphatic rings. The summed E-state index contributed by atoms with van der Waals surface area (Å²) in [5.41, 5.74) is 4.09. The van der Waals surface area contributed by atoms with Gasteiger partial charge in [0.1, 0.15) is 6.07 Å². The van der Waals surface area contributed by atoms with E-state index >= 15 is 0 Å². The van der Waals surface area contributed by atoms with Crippen molar-refractivity contribution >= 4 is 28.9 Å². The van der Waals surface area contributed by atoms with E-state index < -0.39 is 0 Å². The molecule has 0 unspecified atom stereocenters. The van der Waals surface area contributed by atoms with Gasteiger partial charge in [-0.2, -0.15) is 10.5 Å². The number of halogens is 2. The van der Waals surface area contributed by atoms with E-state index in [1.165, 1.54) is 0 Å². The summed E-state index contributed by atoms with van der Waals surface area (Å²) in [5, 5.41) is 19.4. The number of hydrogen-bond acceptors (Lipinski definition) is 5. The molecular weight excluding hydrogens is 429 g/mol. The fourth-order valence-electron chi connectivity index (χ4n) is 3.86. The monoisotopic (exact) mass is 447 g/mol. The minimum absolute atomic E-state index is 0.0647. The van der Waals surface area contributed by atoms with Gasteiger partial charge in [0.15, 0.2) is 0 Å². The number of nitriles is 2. The number of pyridine rings is 1. The molecule has 1 fully saturated rings. The van der Waals surface area contributed by atoms with Crippen LogP contribution in [-0.4, -0.2) is 29.5 Å². The second kappa shape index (κ2) is 9.37. The minimum Gasteiger partial charge on any atom is -0.361 e. The summed E-state index contributed by atoms with van der Waals surface area (Å²) < 4.78 is 0. The highest BCUT2D eigenvalue weighted by Crippen LogP contribution is 2.36. The Bertz CT molecular complexity index is 1150. The van der Waals surface area contributed by atoms with Crippen molar-refractivity contribution in [2.24, 2.45) is 0 Å². The zero-order chi connectivity index (χ0) is 21.8. The van der Waals surface area contributed by atoms with Crippen molar-refractivity contribution < 1.29 is 0 Å². The third-order valence-electron chi connectivity index (χ3n) is 5.44. The van der Waals surface area contributed by atoms with E-state index in [9.17, 15) is 0 Å². The lowest BCUT2D eigenvalue weighted by molar-refractivity contribution is 0.213. The van der Waals surface area contributed by atoms with Gasteiger partial charge >= 0.3 is 0 Å². The number of anilines is 1. The number of benzene rings is 2. The molecule has 4 rings (SSSR count). The molecule has 7 heteroatoms. The van der Waals surface area contributed by atoms with Gasteiger partial charge in [0.2, 0.25) is 0 Å². The van der Waals surface area contributed by atoms with E-state index in [1.807, 2.05) is 36.4 Å². The Labute approximate surface area is 191 Å². The van der Waals surface area contributed by atoms with Crippen molar-refractivity contribution in [3.63, 3.8) is 0 Å². The molecule has 2 heterocycles. The largest absolute Gasteiger partial charge is 0.361 e. The average Bonchev–Trinajstić information content (AvgIpc) is 2.80. The maximum absolute atomic E-state index is 9.16. The fourth-order valence-corrected chi connectivity index (χ4v) is 4.28. The smallest absolute Gasteiger partial charge is 0.101 e. The van der Waals surface area contributed by atoms with Gasteiger partial charge in [0.05, 0.1) is 39.6 Å². The van der Waals surface area contributed by atoms with Crippen molar-refractivity contribution in [2.45, 2.75) is 12.6 Å². The minimum atomic E-state index is 0.0647. The summed E-state index contributed by atoms with van der Waals surface area (Å²) in [6.07, 6.45) is 1.61. The van der Waals surface area contributed by atoms with Crippen molar-refractivity contribution in [1.82, 2.24) is 9.88 Å². The maximum Gasteiger partial charge on any atom is 0.101 e. The second-order valence-electron chi connectivity index (χ2n) is 7.42. The van der Waals surface area contributed by atoms with Gasteiger partial charge in [0, 0.05) is 37.4 Å². The van der Waals surface area contributed by atoms with Gasteiger partial charge in [-0.15, -0.1) is 0 Å². The van der Waals surface area contributed by atoms with Crippen LogP contribution in [0, 0.1) is 22.7 Å². The zero-order valence-electron chi connectivity index (χ0n) is 16.7. The first-order valence-electron chi connectivity index (χ1n) is 9.86. The van der Waals surface area contributed by atoms with Gasteiger partial charge in [-0.1, -0.05) is 35.3 Å². The first-order chi connectivity index (χ1) is 15.1. The Morgan fingerprint density at radius 1 is 0.935 bits per heavy atom. The lowest BCUT2D eigenvalue weighted by Gasteiger charge is -2.43. The third kappa shape index (κ3) is 4.81. The van der Waals surface area contributed by atoms with Crippen LogP contribution in [0.1, 0.15) is 28.4 Å². The highest BCUT2D eigenvalue weighted by molar-refractivity contribution is 6.33. The Hall–Kier alpha value is -3.09. The summed E-state index contributed by atoms with van der Waals surface area (Å²) in [4.78, 5) is 9.05. The number of hydrogen-bond donors (Lipinski definition) is 0. The topological polar surface area (TPSA) is 67.0 Å². The van der Waals surface area contributed by atoms with Gasteiger partial charge < -0.3 is 4.90 Å².